The number of nitrogens with zero attached hydrogens (tertiary/aromatic N) is 2. The SMILES string of the molecule is O=C(NCC(=O)N(Cc1ccccc1)C1CC1)c1ccc(N2CCCC2=O)cc1. The number of hydrogen-bond donors (Lipinski definition) is 1. The molecule has 0 aromatic heterocycles. The molecule has 0 radical (unpaired) electrons. The molecule has 0 spiro atoms. The van der Waals surface area contributed by atoms with E-state index in [-0.39, 0.29) is 30.3 Å². The Morgan fingerprint density at radius 1 is 1.03 bits per heavy atom. The van der Waals surface area contributed by atoms with Crippen molar-refractivity contribution in [1.82, 2.24) is 10.2 Å². The Labute approximate surface area is 170 Å². The second-order valence-electron chi connectivity index (χ2n) is 7.62. The molecule has 29 heavy (non-hydrogen) atoms. The van der Waals surface area contributed by atoms with Crippen molar-refractivity contribution in [3.05, 3.63) is 65.7 Å². The molecule has 1 N–H and O–H groups in total. The smallest absolute Gasteiger partial charge is 0.251 e. The Balaban J connectivity index is 1.33. The zero-order chi connectivity index (χ0) is 20.2. The zero-order valence-electron chi connectivity index (χ0n) is 16.3. The van der Waals surface area contributed by atoms with Crippen molar-refractivity contribution in [2.75, 3.05) is 18.0 Å². The molecular formula is C23H25N3O3. The lowest BCUT2D eigenvalue weighted by atomic mass is 10.2. The van der Waals surface area contributed by atoms with Gasteiger partial charge in [0.05, 0.1) is 6.54 Å². The van der Waals surface area contributed by atoms with Crippen molar-refractivity contribution in [3.63, 3.8) is 0 Å². The molecule has 6 heteroatoms. The average molecular weight is 391 g/mol. The lowest BCUT2D eigenvalue weighted by molar-refractivity contribution is -0.131. The van der Waals surface area contributed by atoms with Gasteiger partial charge in [-0.3, -0.25) is 14.4 Å². The first-order valence-electron chi connectivity index (χ1n) is 10.1. The minimum Gasteiger partial charge on any atom is -0.343 e. The Morgan fingerprint density at radius 3 is 2.38 bits per heavy atom. The third-order valence-electron chi connectivity index (χ3n) is 5.42. The van der Waals surface area contributed by atoms with E-state index >= 15 is 0 Å². The molecule has 0 bridgehead atoms. The molecule has 1 aliphatic heterocycles. The van der Waals surface area contributed by atoms with Crippen LogP contribution in [0.3, 0.4) is 0 Å². The number of nitrogens with one attached hydrogen (secondary N) is 1. The monoisotopic (exact) mass is 391 g/mol. The lowest BCUT2D eigenvalue weighted by Gasteiger charge is -2.23. The molecule has 3 amide bonds. The number of rotatable bonds is 7. The van der Waals surface area contributed by atoms with E-state index in [4.69, 9.17) is 0 Å². The van der Waals surface area contributed by atoms with Gasteiger partial charge in [0.2, 0.25) is 11.8 Å². The molecule has 6 nitrogen and oxygen atoms in total. The van der Waals surface area contributed by atoms with E-state index < -0.39 is 0 Å². The van der Waals surface area contributed by atoms with Crippen molar-refractivity contribution < 1.29 is 14.4 Å². The number of hydrogen-bond acceptors (Lipinski definition) is 3. The summed E-state index contributed by atoms with van der Waals surface area (Å²) in [4.78, 5) is 40.6. The molecule has 0 atom stereocenters. The van der Waals surface area contributed by atoms with Gasteiger partial charge in [-0.15, -0.1) is 0 Å². The van der Waals surface area contributed by atoms with Crippen LogP contribution in [-0.2, 0) is 16.1 Å². The molecule has 1 saturated heterocycles. The maximum absolute atomic E-state index is 12.7. The largest absolute Gasteiger partial charge is 0.343 e. The molecular weight excluding hydrogens is 366 g/mol. The van der Waals surface area contributed by atoms with Gasteiger partial charge >= 0.3 is 0 Å². The average Bonchev–Trinajstić information content (AvgIpc) is 3.51. The van der Waals surface area contributed by atoms with Crippen LogP contribution in [0, 0.1) is 0 Å². The van der Waals surface area contributed by atoms with Gasteiger partial charge in [0.25, 0.3) is 5.91 Å². The van der Waals surface area contributed by atoms with E-state index in [1.807, 2.05) is 35.2 Å². The van der Waals surface area contributed by atoms with E-state index in [1.54, 1.807) is 29.2 Å². The molecule has 0 unspecified atom stereocenters. The lowest BCUT2D eigenvalue weighted by Crippen LogP contribution is -2.41. The highest BCUT2D eigenvalue weighted by atomic mass is 16.2. The highest BCUT2D eigenvalue weighted by Gasteiger charge is 2.32. The van der Waals surface area contributed by atoms with Gasteiger partial charge in [0.1, 0.15) is 0 Å². The molecule has 2 aliphatic rings. The summed E-state index contributed by atoms with van der Waals surface area (Å²) in [6.07, 6.45) is 3.47. The molecule has 4 rings (SSSR count). The zero-order valence-corrected chi connectivity index (χ0v) is 16.3. The van der Waals surface area contributed by atoms with Crippen molar-refractivity contribution in [1.29, 1.82) is 0 Å². The maximum Gasteiger partial charge on any atom is 0.251 e. The summed E-state index contributed by atoms with van der Waals surface area (Å²) in [5, 5.41) is 2.73. The number of carbonyl (C=O) groups is 3. The normalized spacial score (nSPS) is 16.0. The van der Waals surface area contributed by atoms with Crippen LogP contribution < -0.4 is 10.2 Å². The fourth-order valence-corrected chi connectivity index (χ4v) is 3.66. The van der Waals surface area contributed by atoms with Crippen molar-refractivity contribution in [2.45, 2.75) is 38.3 Å². The molecule has 150 valence electrons. The summed E-state index contributed by atoms with van der Waals surface area (Å²) in [5.41, 5.74) is 2.38. The van der Waals surface area contributed by atoms with Crippen LogP contribution in [0.5, 0.6) is 0 Å². The van der Waals surface area contributed by atoms with Gasteiger partial charge in [0.15, 0.2) is 0 Å². The van der Waals surface area contributed by atoms with Crippen LogP contribution in [0.15, 0.2) is 54.6 Å². The summed E-state index contributed by atoms with van der Waals surface area (Å²) >= 11 is 0. The van der Waals surface area contributed by atoms with E-state index in [1.165, 1.54) is 0 Å². The molecule has 1 aliphatic carbocycles. The van der Waals surface area contributed by atoms with Crippen LogP contribution >= 0.6 is 0 Å². The van der Waals surface area contributed by atoms with Crippen LogP contribution in [0.2, 0.25) is 0 Å². The number of amides is 3. The van der Waals surface area contributed by atoms with Crippen LogP contribution in [0.25, 0.3) is 0 Å². The first-order chi connectivity index (χ1) is 14.1. The van der Waals surface area contributed by atoms with E-state index in [9.17, 15) is 14.4 Å². The minimum absolute atomic E-state index is 0.0193. The first-order valence-corrected chi connectivity index (χ1v) is 10.1. The number of benzene rings is 2. The maximum atomic E-state index is 12.7. The van der Waals surface area contributed by atoms with Crippen molar-refractivity contribution in [2.24, 2.45) is 0 Å². The highest BCUT2D eigenvalue weighted by molar-refractivity contribution is 5.98. The predicted molar refractivity (Wildman–Crippen MR) is 110 cm³/mol. The number of carbonyl (C=O) groups excluding carboxylic acids is 3. The summed E-state index contributed by atoms with van der Waals surface area (Å²) in [7, 11) is 0. The van der Waals surface area contributed by atoms with Gasteiger partial charge in [-0.25, -0.2) is 0 Å². The van der Waals surface area contributed by atoms with E-state index in [0.717, 1.165) is 37.1 Å². The molecule has 1 saturated carbocycles. The molecule has 1 heterocycles. The van der Waals surface area contributed by atoms with Crippen molar-refractivity contribution >= 4 is 23.4 Å². The fourth-order valence-electron chi connectivity index (χ4n) is 3.66. The third-order valence-corrected chi connectivity index (χ3v) is 5.42. The summed E-state index contributed by atoms with van der Waals surface area (Å²) < 4.78 is 0. The summed E-state index contributed by atoms with van der Waals surface area (Å²) in [6.45, 7) is 1.27. The Kier molecular flexibility index (Phi) is 5.60. The molecule has 2 fully saturated rings. The molecule has 2 aromatic rings. The fraction of sp³-hybridized carbons (Fsp3) is 0.348. The van der Waals surface area contributed by atoms with Gasteiger partial charge in [0, 0.05) is 36.8 Å². The van der Waals surface area contributed by atoms with E-state index in [2.05, 4.69) is 5.32 Å². The summed E-state index contributed by atoms with van der Waals surface area (Å²) in [5.74, 6) is -0.233. The van der Waals surface area contributed by atoms with Gasteiger partial charge < -0.3 is 15.1 Å². The predicted octanol–water partition coefficient (Wildman–Crippen LogP) is 2.73. The van der Waals surface area contributed by atoms with Gasteiger partial charge in [-0.1, -0.05) is 30.3 Å². The third kappa shape index (κ3) is 4.65. The number of anilines is 1. The van der Waals surface area contributed by atoms with Crippen LogP contribution in [0.1, 0.15) is 41.6 Å². The van der Waals surface area contributed by atoms with Crippen molar-refractivity contribution in [3.8, 4) is 0 Å². The second kappa shape index (κ2) is 8.47. The van der Waals surface area contributed by atoms with Crippen LogP contribution in [-0.4, -0.2) is 41.8 Å². The highest BCUT2D eigenvalue weighted by Crippen LogP contribution is 2.28. The summed E-state index contributed by atoms with van der Waals surface area (Å²) in [6, 6.07) is 17.1. The molecule has 2 aromatic carbocycles. The first kappa shape index (κ1) is 19.2. The Bertz CT molecular complexity index is 891. The van der Waals surface area contributed by atoms with Gasteiger partial charge in [-0.05, 0) is 49.1 Å². The second-order valence-corrected chi connectivity index (χ2v) is 7.62. The standard InChI is InChI=1S/C23H25N3O3/c27-21-7-4-14-25(21)19-10-8-18(9-11-19)23(29)24-15-22(28)26(20-12-13-20)16-17-5-2-1-3-6-17/h1-3,5-6,8-11,20H,4,7,12-16H2,(H,24,29). The van der Waals surface area contributed by atoms with E-state index in [0.29, 0.717) is 18.5 Å². The Hall–Kier alpha value is -3.15. The minimum atomic E-state index is -0.284. The quantitative estimate of drug-likeness (QED) is 0.789. The van der Waals surface area contributed by atoms with Crippen LogP contribution in [0.4, 0.5) is 5.69 Å². The Morgan fingerprint density at radius 2 is 1.76 bits per heavy atom. The van der Waals surface area contributed by atoms with Gasteiger partial charge in [-0.2, -0.15) is 0 Å². The topological polar surface area (TPSA) is 69.7 Å².